The lowest BCUT2D eigenvalue weighted by Crippen LogP contribution is -2.10. The van der Waals surface area contributed by atoms with Gasteiger partial charge in [-0.25, -0.2) is 30.1 Å². The van der Waals surface area contributed by atoms with Gasteiger partial charge in [0.2, 0.25) is 0 Å². The highest BCUT2D eigenvalue weighted by Gasteiger charge is 2.23. The van der Waals surface area contributed by atoms with Crippen LogP contribution in [-0.4, -0.2) is 62.6 Å². The lowest BCUT2D eigenvalue weighted by atomic mass is 9.83. The monoisotopic (exact) mass is 1190 g/mol. The summed E-state index contributed by atoms with van der Waals surface area (Å²) in [4.78, 5) is 10.3. The molecule has 0 fully saturated rings. The summed E-state index contributed by atoms with van der Waals surface area (Å²) in [5.74, 6) is 0. The van der Waals surface area contributed by atoms with Gasteiger partial charge in [-0.05, 0) is 292 Å². The number of thioether (sulfide) groups is 1. The Balaban J connectivity index is 0.901. The second-order valence-electron chi connectivity index (χ2n) is 24.7. The first kappa shape index (κ1) is 57.0. The number of hydrogen-bond donors (Lipinski definition) is 0. The fourth-order valence-electron chi connectivity index (χ4n) is 12.5. The lowest BCUT2D eigenvalue weighted by Gasteiger charge is -2.30. The third-order valence-electron chi connectivity index (χ3n) is 16.9. The van der Waals surface area contributed by atoms with Crippen LogP contribution in [0, 0.1) is 0 Å². The molecule has 0 radical (unpaired) electrons. The Labute approximate surface area is 518 Å². The molecule has 0 aliphatic carbocycles. The number of rotatable bonds is 14. The molecule has 428 valence electrons. The number of anilines is 6. The van der Waals surface area contributed by atoms with Crippen molar-refractivity contribution in [1.29, 1.82) is 0 Å². The minimum absolute atomic E-state index is 0.861. The molecule has 86 heavy (non-hydrogen) atoms. The van der Waals surface area contributed by atoms with Gasteiger partial charge in [0.15, 0.2) is 0 Å². The van der Waals surface area contributed by atoms with Crippen LogP contribution in [0.2, 0.25) is 0 Å². The average molecular weight is 1190 g/mol. The minimum atomic E-state index is -0.868. The zero-order valence-electron chi connectivity index (χ0n) is 50.9. The van der Waals surface area contributed by atoms with Crippen molar-refractivity contribution in [3.8, 4) is 44.5 Å². The van der Waals surface area contributed by atoms with Crippen LogP contribution in [0.25, 0.3) is 87.6 Å². The molecule has 0 aliphatic heterocycles. The van der Waals surface area contributed by atoms with Gasteiger partial charge >= 0.3 is 0 Å². The van der Waals surface area contributed by atoms with Crippen LogP contribution >= 0.6 is 41.8 Å². The minimum Gasteiger partial charge on any atom is -0.311 e. The number of nitrogens with zero attached hydrogens (tertiary/aromatic N) is 2. The van der Waals surface area contributed by atoms with Gasteiger partial charge in [-0.2, -0.15) is 0 Å². The van der Waals surface area contributed by atoms with Crippen molar-refractivity contribution in [2.75, 3.05) is 72.4 Å². The Morgan fingerprint density at radius 1 is 0.233 bits per heavy atom. The van der Waals surface area contributed by atoms with Gasteiger partial charge in [-0.3, -0.25) is 0 Å². The molecule has 0 unspecified atom stereocenters. The largest absolute Gasteiger partial charge is 0.311 e. The highest BCUT2D eigenvalue weighted by atomic mass is 32.3. The van der Waals surface area contributed by atoms with Gasteiger partial charge in [-0.15, -0.1) is 11.8 Å². The maximum Gasteiger partial charge on any atom is 0.0462 e. The summed E-state index contributed by atoms with van der Waals surface area (Å²) < 4.78 is 0. The number of hydrogen-bond acceptors (Lipinski definition) is 3. The van der Waals surface area contributed by atoms with Crippen LogP contribution in [0.4, 0.5) is 34.1 Å². The zero-order valence-corrected chi connectivity index (χ0v) is 54.2. The molecule has 13 aromatic carbocycles. The van der Waals surface area contributed by atoms with Gasteiger partial charge in [0.05, 0.1) is 0 Å². The smallest absolute Gasteiger partial charge is 0.0462 e. The molecule has 0 saturated heterocycles. The molecule has 2 nitrogen and oxygen atoms in total. The van der Waals surface area contributed by atoms with Gasteiger partial charge in [0, 0.05) is 39.0 Å². The zero-order chi connectivity index (χ0) is 59.5. The summed E-state index contributed by atoms with van der Waals surface area (Å²) in [7, 11) is -2.60. The normalized spacial score (nSPS) is 12.7. The summed E-state index contributed by atoms with van der Waals surface area (Å²) in [6.07, 6.45) is 23.4. The number of benzene rings is 13. The van der Waals surface area contributed by atoms with E-state index in [1.54, 1.807) is 11.8 Å². The molecule has 13 aromatic rings. The third-order valence-corrected chi connectivity index (χ3v) is 22.7. The summed E-state index contributed by atoms with van der Waals surface area (Å²) in [5, 5.41) is 9.87. The molecule has 0 amide bonds. The van der Waals surface area contributed by atoms with Crippen LogP contribution in [0.15, 0.2) is 287 Å². The first-order chi connectivity index (χ1) is 41.5. The van der Waals surface area contributed by atoms with Crippen molar-refractivity contribution in [2.24, 2.45) is 0 Å². The maximum atomic E-state index is 2.44. The molecule has 0 heterocycles. The molecule has 0 spiro atoms. The van der Waals surface area contributed by atoms with Gasteiger partial charge in [-0.1, -0.05) is 140 Å². The van der Waals surface area contributed by atoms with Crippen LogP contribution in [0.5, 0.6) is 0 Å². The van der Waals surface area contributed by atoms with E-state index in [9.17, 15) is 0 Å². The predicted molar refractivity (Wildman–Crippen MR) is 390 cm³/mol. The third kappa shape index (κ3) is 10.9. The molecule has 0 aromatic heterocycles. The molecule has 0 saturated carbocycles. The molecule has 0 aliphatic rings. The van der Waals surface area contributed by atoms with E-state index in [4.69, 9.17) is 0 Å². The highest BCUT2D eigenvalue weighted by molar-refractivity contribution is 8.32. The molecule has 6 heteroatoms. The van der Waals surface area contributed by atoms with E-state index in [1.807, 2.05) is 0 Å². The maximum absolute atomic E-state index is 2.44. The molecular weight excluding hydrogens is 1120 g/mol. The summed E-state index contributed by atoms with van der Waals surface area (Å²) in [6.45, 7) is 0. The van der Waals surface area contributed by atoms with Crippen molar-refractivity contribution in [1.82, 2.24) is 0 Å². The average Bonchev–Trinajstić information content (AvgIpc) is 1.22. The molecule has 0 N–H and O–H groups in total. The van der Waals surface area contributed by atoms with E-state index < -0.39 is 30.1 Å². The Hall–Kier alpha value is -8.10. The van der Waals surface area contributed by atoms with Gasteiger partial charge in [0.25, 0.3) is 0 Å². The second kappa shape index (κ2) is 23.0. The standard InChI is InChI=1S/C80H74N2S4/c1-83-65-46-38-61(39-47-65)81(62-40-48-66(49-41-62)84(2,3)4)59-34-30-55(31-35-59)77-69-22-11-15-26-73(69)79(74-27-16-12-23-70(74)77)57-20-19-21-58(54-57)80-75-28-17-13-24-71(75)78(72-25-14-18-29-76(72)80)56-32-36-60(37-33-56)82(63-42-50-67(51-43-63)85(5,6)7)64-44-52-68(53-45-64)86(8,9)10/h11-54H,1-10H3. The van der Waals surface area contributed by atoms with Crippen molar-refractivity contribution in [3.63, 3.8) is 0 Å². The van der Waals surface area contributed by atoms with Crippen LogP contribution in [-0.2, 0) is 0 Å². The number of fused-ring (bicyclic) bond motifs is 4. The van der Waals surface area contributed by atoms with Crippen LogP contribution in [0.1, 0.15) is 0 Å². The Kier molecular flexibility index (Phi) is 15.2. The van der Waals surface area contributed by atoms with Crippen LogP contribution < -0.4 is 9.80 Å². The van der Waals surface area contributed by atoms with E-state index in [-0.39, 0.29) is 0 Å². The fourth-order valence-corrected chi connectivity index (χ4v) is 15.8. The van der Waals surface area contributed by atoms with Gasteiger partial charge < -0.3 is 9.80 Å². The predicted octanol–water partition coefficient (Wildman–Crippen LogP) is 23.8. The Morgan fingerprint density at radius 2 is 0.453 bits per heavy atom. The lowest BCUT2D eigenvalue weighted by molar-refractivity contribution is 1.25. The topological polar surface area (TPSA) is 6.48 Å². The van der Waals surface area contributed by atoms with Crippen molar-refractivity contribution in [3.05, 3.63) is 267 Å². The molecule has 0 bridgehead atoms. The van der Waals surface area contributed by atoms with Crippen molar-refractivity contribution >= 4 is 119 Å². The molecular formula is C80H74N2S4. The van der Waals surface area contributed by atoms with Crippen molar-refractivity contribution < 1.29 is 0 Å². The van der Waals surface area contributed by atoms with E-state index in [0.29, 0.717) is 0 Å². The fraction of sp³-hybridized carbons (Fsp3) is 0.125. The van der Waals surface area contributed by atoms with E-state index in [2.05, 4.69) is 339 Å². The summed E-state index contributed by atoms with van der Waals surface area (Å²) >= 11 is 1.77. The van der Waals surface area contributed by atoms with E-state index >= 15 is 0 Å². The van der Waals surface area contributed by atoms with E-state index in [0.717, 1.165) is 34.1 Å². The quantitative estimate of drug-likeness (QED) is 0.0791. The Bertz CT molecular complexity index is 4460. The van der Waals surface area contributed by atoms with Crippen molar-refractivity contribution in [2.45, 2.75) is 19.6 Å². The van der Waals surface area contributed by atoms with Gasteiger partial charge in [0.1, 0.15) is 0 Å². The Morgan fingerprint density at radius 3 is 0.686 bits per heavy atom. The molecule has 0 atom stereocenters. The second-order valence-corrected chi connectivity index (χ2v) is 38.0. The highest BCUT2D eigenvalue weighted by Crippen LogP contribution is 2.52. The summed E-state index contributed by atoms with van der Waals surface area (Å²) in [6, 6.07) is 101. The first-order valence-corrected chi connectivity index (χ1v) is 39.1. The first-order valence-electron chi connectivity index (χ1n) is 29.3. The molecule has 13 rings (SSSR count). The van der Waals surface area contributed by atoms with Crippen LogP contribution in [0.3, 0.4) is 0 Å². The SMILES string of the molecule is CSc1ccc(N(c2ccc(-c3c4ccccc4c(-c4cccc(-c5c6ccccc6c(-c6ccc(N(c7ccc(S(C)(C)C)cc7)c7ccc(S(C)(C)C)cc7)cc6)c6ccccc56)c4)c4ccccc34)cc2)c2ccc(S(C)(C)C)cc2)cc1. The summed E-state index contributed by atoms with van der Waals surface area (Å²) in [5.41, 5.74) is 16.6. The van der Waals surface area contributed by atoms with E-state index in [1.165, 1.54) is 107 Å².